The van der Waals surface area contributed by atoms with E-state index in [1.165, 1.54) is 18.4 Å². The van der Waals surface area contributed by atoms with Gasteiger partial charge >= 0.3 is 0 Å². The van der Waals surface area contributed by atoms with E-state index in [4.69, 9.17) is 4.74 Å². The molecule has 0 spiro atoms. The molecule has 1 aliphatic rings. The standard InChI is InChI=1S/C12H21N3O/c1-2-15-10-11(9-14-15)8-13-6-5-12-4-3-7-16-12/h9-10,12-13H,2-8H2,1H3. The summed E-state index contributed by atoms with van der Waals surface area (Å²) in [6.07, 6.45) is 8.11. The zero-order valence-corrected chi connectivity index (χ0v) is 9.98. The second-order valence-electron chi connectivity index (χ2n) is 4.30. The van der Waals surface area contributed by atoms with Gasteiger partial charge in [0.2, 0.25) is 0 Å². The van der Waals surface area contributed by atoms with Crippen LogP contribution in [0.4, 0.5) is 0 Å². The molecule has 90 valence electrons. The molecule has 0 radical (unpaired) electrons. The molecule has 1 N–H and O–H groups in total. The molecule has 1 aromatic heterocycles. The van der Waals surface area contributed by atoms with Gasteiger partial charge in [0, 0.05) is 31.5 Å². The highest BCUT2D eigenvalue weighted by Crippen LogP contribution is 2.14. The highest BCUT2D eigenvalue weighted by Gasteiger charge is 2.14. The summed E-state index contributed by atoms with van der Waals surface area (Å²) in [5, 5.41) is 7.68. The van der Waals surface area contributed by atoms with Crippen molar-refractivity contribution in [1.82, 2.24) is 15.1 Å². The number of nitrogens with zero attached hydrogens (tertiary/aromatic N) is 2. The number of rotatable bonds is 6. The maximum absolute atomic E-state index is 5.57. The van der Waals surface area contributed by atoms with E-state index in [2.05, 4.69) is 23.5 Å². The molecule has 1 unspecified atom stereocenters. The van der Waals surface area contributed by atoms with Gasteiger partial charge in [-0.15, -0.1) is 0 Å². The van der Waals surface area contributed by atoms with Crippen molar-refractivity contribution in [2.24, 2.45) is 0 Å². The van der Waals surface area contributed by atoms with Crippen molar-refractivity contribution in [2.75, 3.05) is 13.2 Å². The monoisotopic (exact) mass is 223 g/mol. The molecule has 0 aromatic carbocycles. The lowest BCUT2D eigenvalue weighted by Gasteiger charge is -2.09. The van der Waals surface area contributed by atoms with Crippen molar-refractivity contribution in [3.05, 3.63) is 18.0 Å². The van der Waals surface area contributed by atoms with E-state index in [1.54, 1.807) is 0 Å². The Morgan fingerprint density at radius 3 is 3.25 bits per heavy atom. The fourth-order valence-corrected chi connectivity index (χ4v) is 2.04. The molecule has 0 bridgehead atoms. The Morgan fingerprint density at radius 2 is 2.56 bits per heavy atom. The van der Waals surface area contributed by atoms with Crippen LogP contribution in [-0.2, 0) is 17.8 Å². The summed E-state index contributed by atoms with van der Waals surface area (Å²) in [4.78, 5) is 0. The van der Waals surface area contributed by atoms with Gasteiger partial charge in [-0.3, -0.25) is 4.68 Å². The Morgan fingerprint density at radius 1 is 1.62 bits per heavy atom. The third-order valence-electron chi connectivity index (χ3n) is 3.01. The average molecular weight is 223 g/mol. The van der Waals surface area contributed by atoms with Crippen molar-refractivity contribution in [1.29, 1.82) is 0 Å². The second kappa shape index (κ2) is 6.01. The van der Waals surface area contributed by atoms with Gasteiger partial charge in [0.25, 0.3) is 0 Å². The van der Waals surface area contributed by atoms with Crippen LogP contribution in [-0.4, -0.2) is 29.0 Å². The largest absolute Gasteiger partial charge is 0.378 e. The molecule has 1 fully saturated rings. The highest BCUT2D eigenvalue weighted by molar-refractivity contribution is 5.03. The van der Waals surface area contributed by atoms with Crippen LogP contribution in [0.2, 0.25) is 0 Å². The SMILES string of the molecule is CCn1cc(CNCCC2CCCO2)cn1. The smallest absolute Gasteiger partial charge is 0.0588 e. The first-order chi connectivity index (χ1) is 7.88. The number of nitrogens with one attached hydrogen (secondary N) is 1. The third-order valence-corrected chi connectivity index (χ3v) is 3.01. The number of ether oxygens (including phenoxy) is 1. The van der Waals surface area contributed by atoms with E-state index in [1.807, 2.05) is 10.9 Å². The van der Waals surface area contributed by atoms with Gasteiger partial charge in [-0.1, -0.05) is 0 Å². The van der Waals surface area contributed by atoms with Crippen molar-refractivity contribution < 1.29 is 4.74 Å². The van der Waals surface area contributed by atoms with E-state index in [9.17, 15) is 0 Å². The molecular weight excluding hydrogens is 202 g/mol. The van der Waals surface area contributed by atoms with Crippen LogP contribution in [0.5, 0.6) is 0 Å². The van der Waals surface area contributed by atoms with Crippen molar-refractivity contribution in [3.8, 4) is 0 Å². The third kappa shape index (κ3) is 3.32. The van der Waals surface area contributed by atoms with Crippen molar-refractivity contribution in [3.63, 3.8) is 0 Å². The Labute approximate surface area is 97.0 Å². The lowest BCUT2D eigenvalue weighted by atomic mass is 10.2. The Balaban J connectivity index is 1.60. The number of hydrogen-bond acceptors (Lipinski definition) is 3. The van der Waals surface area contributed by atoms with Gasteiger partial charge in [-0.25, -0.2) is 0 Å². The molecular formula is C12H21N3O. The first-order valence-corrected chi connectivity index (χ1v) is 6.22. The summed E-state index contributed by atoms with van der Waals surface area (Å²) in [5.41, 5.74) is 1.26. The van der Waals surface area contributed by atoms with E-state index in [0.717, 1.165) is 32.7 Å². The minimum atomic E-state index is 0.492. The van der Waals surface area contributed by atoms with Crippen molar-refractivity contribution in [2.45, 2.75) is 45.4 Å². The van der Waals surface area contributed by atoms with Crippen LogP contribution >= 0.6 is 0 Å². The zero-order valence-electron chi connectivity index (χ0n) is 9.98. The lowest BCUT2D eigenvalue weighted by molar-refractivity contribution is 0.104. The van der Waals surface area contributed by atoms with E-state index in [0.29, 0.717) is 6.10 Å². The van der Waals surface area contributed by atoms with Gasteiger partial charge in [0.15, 0.2) is 0 Å². The summed E-state index contributed by atoms with van der Waals surface area (Å²) in [6, 6.07) is 0. The summed E-state index contributed by atoms with van der Waals surface area (Å²) in [6.45, 7) is 5.93. The van der Waals surface area contributed by atoms with Crippen LogP contribution in [0, 0.1) is 0 Å². The molecule has 1 saturated heterocycles. The highest BCUT2D eigenvalue weighted by atomic mass is 16.5. The minimum Gasteiger partial charge on any atom is -0.378 e. The van der Waals surface area contributed by atoms with Gasteiger partial charge in [0.1, 0.15) is 0 Å². The fraction of sp³-hybridized carbons (Fsp3) is 0.750. The number of aromatic nitrogens is 2. The van der Waals surface area contributed by atoms with Gasteiger partial charge in [0.05, 0.1) is 12.3 Å². The summed E-state index contributed by atoms with van der Waals surface area (Å²) >= 11 is 0. The molecule has 1 aromatic rings. The molecule has 1 aliphatic heterocycles. The average Bonchev–Trinajstić information content (AvgIpc) is 2.95. The van der Waals surface area contributed by atoms with E-state index in [-0.39, 0.29) is 0 Å². The maximum Gasteiger partial charge on any atom is 0.0588 e. The van der Waals surface area contributed by atoms with Gasteiger partial charge in [-0.2, -0.15) is 5.10 Å². The predicted octanol–water partition coefficient (Wildman–Crippen LogP) is 1.56. The second-order valence-corrected chi connectivity index (χ2v) is 4.30. The first kappa shape index (κ1) is 11.6. The Bertz CT molecular complexity index is 305. The minimum absolute atomic E-state index is 0.492. The van der Waals surface area contributed by atoms with E-state index >= 15 is 0 Å². The zero-order chi connectivity index (χ0) is 11.2. The molecule has 4 heteroatoms. The molecule has 0 aliphatic carbocycles. The van der Waals surface area contributed by atoms with Crippen LogP contribution in [0.1, 0.15) is 31.7 Å². The van der Waals surface area contributed by atoms with Crippen LogP contribution in [0.15, 0.2) is 12.4 Å². The topological polar surface area (TPSA) is 39.1 Å². The van der Waals surface area contributed by atoms with E-state index < -0.39 is 0 Å². The van der Waals surface area contributed by atoms with Gasteiger partial charge in [-0.05, 0) is 32.7 Å². The van der Waals surface area contributed by atoms with Crippen LogP contribution in [0.25, 0.3) is 0 Å². The Hall–Kier alpha value is -0.870. The van der Waals surface area contributed by atoms with Crippen molar-refractivity contribution >= 4 is 0 Å². The van der Waals surface area contributed by atoms with Gasteiger partial charge < -0.3 is 10.1 Å². The van der Waals surface area contributed by atoms with Crippen LogP contribution in [0.3, 0.4) is 0 Å². The summed E-state index contributed by atoms with van der Waals surface area (Å²) < 4.78 is 7.53. The number of hydrogen-bond donors (Lipinski definition) is 1. The predicted molar refractivity (Wildman–Crippen MR) is 63.2 cm³/mol. The Kier molecular flexibility index (Phi) is 4.36. The molecule has 0 saturated carbocycles. The summed E-state index contributed by atoms with van der Waals surface area (Å²) in [5.74, 6) is 0. The molecule has 16 heavy (non-hydrogen) atoms. The first-order valence-electron chi connectivity index (χ1n) is 6.22. The fourth-order valence-electron chi connectivity index (χ4n) is 2.04. The normalized spacial score (nSPS) is 20.4. The molecule has 1 atom stereocenters. The molecule has 2 heterocycles. The van der Waals surface area contributed by atoms with Crippen LogP contribution < -0.4 is 5.32 Å². The molecule has 2 rings (SSSR count). The molecule has 0 amide bonds. The quantitative estimate of drug-likeness (QED) is 0.744. The maximum atomic E-state index is 5.57. The molecule has 4 nitrogen and oxygen atoms in total. The lowest BCUT2D eigenvalue weighted by Crippen LogP contribution is -2.19. The summed E-state index contributed by atoms with van der Waals surface area (Å²) in [7, 11) is 0. The number of aryl methyl sites for hydroxylation is 1.